The molecular formula is C25H25F3N10O4. The largest absolute Gasteiger partial charge is 0.429 e. The number of allylic oxidation sites excluding steroid dienone is 1. The second-order valence-corrected chi connectivity index (χ2v) is 9.90. The molecule has 1 amide bonds. The Hall–Kier alpha value is -4.96. The molecule has 220 valence electrons. The van der Waals surface area contributed by atoms with Crippen LogP contribution >= 0.6 is 0 Å². The highest BCUT2D eigenvalue weighted by molar-refractivity contribution is 5.96. The number of carbonyl (C=O) groups is 1. The monoisotopic (exact) mass is 586 g/mol. The van der Waals surface area contributed by atoms with Crippen LogP contribution in [0.25, 0.3) is 16.7 Å². The Morgan fingerprint density at radius 2 is 1.90 bits per heavy atom. The van der Waals surface area contributed by atoms with Gasteiger partial charge in [0.1, 0.15) is 24.1 Å². The van der Waals surface area contributed by atoms with Gasteiger partial charge in [-0.25, -0.2) is 24.3 Å². The zero-order valence-electron chi connectivity index (χ0n) is 23.0. The fraction of sp³-hybridized carbons (Fsp3) is 0.400. The highest BCUT2D eigenvalue weighted by atomic mass is 19.4. The molecule has 2 unspecified atom stereocenters. The molecule has 1 aliphatic rings. The van der Waals surface area contributed by atoms with Gasteiger partial charge in [-0.1, -0.05) is 19.0 Å². The molecule has 0 saturated heterocycles. The molecule has 0 spiro atoms. The van der Waals surface area contributed by atoms with E-state index in [2.05, 4.69) is 35.4 Å². The van der Waals surface area contributed by atoms with E-state index < -0.39 is 46.9 Å². The molecule has 4 aromatic rings. The first-order valence-electron chi connectivity index (χ1n) is 12.7. The first-order valence-corrected chi connectivity index (χ1v) is 12.7. The molecule has 3 atom stereocenters. The normalized spacial score (nSPS) is 18.1. The quantitative estimate of drug-likeness (QED) is 0.356. The van der Waals surface area contributed by atoms with Gasteiger partial charge in [0.05, 0.1) is 6.33 Å². The predicted octanol–water partition coefficient (Wildman–Crippen LogP) is 2.26. The summed E-state index contributed by atoms with van der Waals surface area (Å²) in [7, 11) is 1.44. The van der Waals surface area contributed by atoms with Gasteiger partial charge in [0.2, 0.25) is 11.8 Å². The van der Waals surface area contributed by atoms with Crippen LogP contribution in [0.2, 0.25) is 0 Å². The summed E-state index contributed by atoms with van der Waals surface area (Å²) in [6, 6.07) is 0.426. The van der Waals surface area contributed by atoms with Crippen LogP contribution in [0.1, 0.15) is 44.4 Å². The maximum Gasteiger partial charge on any atom is 0.429 e. The van der Waals surface area contributed by atoms with Gasteiger partial charge in [0, 0.05) is 30.9 Å². The van der Waals surface area contributed by atoms with Crippen LogP contribution in [0.3, 0.4) is 0 Å². The molecule has 14 nitrogen and oxygen atoms in total. The lowest BCUT2D eigenvalue weighted by atomic mass is 9.83. The fourth-order valence-corrected chi connectivity index (χ4v) is 4.66. The average Bonchev–Trinajstić information content (AvgIpc) is 3.56. The Bertz CT molecular complexity index is 1880. The van der Waals surface area contributed by atoms with Gasteiger partial charge in [0.25, 0.3) is 5.56 Å². The van der Waals surface area contributed by atoms with Crippen LogP contribution in [0.5, 0.6) is 0 Å². The van der Waals surface area contributed by atoms with Gasteiger partial charge in [-0.05, 0) is 25.8 Å². The number of hydrogen-bond acceptors (Lipinski definition) is 10. The van der Waals surface area contributed by atoms with Crippen LogP contribution in [-0.2, 0) is 18.4 Å². The van der Waals surface area contributed by atoms with E-state index >= 15 is 0 Å². The lowest BCUT2D eigenvalue weighted by molar-refractivity contribution is -0.118. The number of halogens is 3. The molecule has 0 bridgehead atoms. The van der Waals surface area contributed by atoms with Crippen molar-refractivity contribution in [3.8, 4) is 0 Å². The van der Waals surface area contributed by atoms with Crippen LogP contribution in [0, 0.1) is 18.8 Å². The number of alkyl halides is 3. The van der Waals surface area contributed by atoms with Crippen molar-refractivity contribution in [2.45, 2.75) is 46.5 Å². The van der Waals surface area contributed by atoms with E-state index in [1.807, 2.05) is 0 Å². The number of nitrogens with one attached hydrogen (secondary N) is 1. The highest BCUT2D eigenvalue weighted by Gasteiger charge is 2.43. The van der Waals surface area contributed by atoms with Crippen molar-refractivity contribution < 1.29 is 22.5 Å². The second-order valence-electron chi connectivity index (χ2n) is 9.90. The molecule has 0 aromatic carbocycles. The summed E-state index contributed by atoms with van der Waals surface area (Å²) < 4.78 is 48.3. The number of fused-ring (bicyclic) bond motifs is 1. The fourth-order valence-electron chi connectivity index (χ4n) is 4.66. The van der Waals surface area contributed by atoms with Crippen LogP contribution in [0.4, 0.5) is 19.0 Å². The smallest absolute Gasteiger partial charge is 0.337 e. The first-order chi connectivity index (χ1) is 19.8. The molecular weight excluding hydrogens is 561 g/mol. The molecule has 1 N–H and O–H groups in total. The maximum atomic E-state index is 13.4. The summed E-state index contributed by atoms with van der Waals surface area (Å²) in [5, 5.41) is 6.31. The number of carbonyl (C=O) groups excluding carboxylic acids is 1. The second kappa shape index (κ2) is 10.5. The lowest BCUT2D eigenvalue weighted by Crippen LogP contribution is -2.40. The third kappa shape index (κ3) is 5.01. The third-order valence-corrected chi connectivity index (χ3v) is 7.19. The van der Waals surface area contributed by atoms with E-state index in [4.69, 9.17) is 4.52 Å². The minimum Gasteiger partial charge on any atom is -0.337 e. The van der Waals surface area contributed by atoms with Crippen molar-refractivity contribution in [3.05, 3.63) is 63.2 Å². The van der Waals surface area contributed by atoms with Gasteiger partial charge >= 0.3 is 11.9 Å². The summed E-state index contributed by atoms with van der Waals surface area (Å²) in [4.78, 5) is 59.8. The van der Waals surface area contributed by atoms with Gasteiger partial charge in [-0.2, -0.15) is 18.2 Å². The van der Waals surface area contributed by atoms with Crippen molar-refractivity contribution in [2.75, 3.05) is 5.32 Å². The third-order valence-electron chi connectivity index (χ3n) is 7.19. The SMILES string of the molecule is Cc1noc(Cn2c(=O)c3c(ncn3[C@@H](C)C(=O)Nc3ccnc(C4=CN=C(C(F)(F)F)C(C)C4C)n3)n(C)c2=O)n1. The molecule has 0 fully saturated rings. The van der Waals surface area contributed by atoms with E-state index in [0.29, 0.717) is 11.4 Å². The maximum absolute atomic E-state index is 13.4. The van der Waals surface area contributed by atoms with Crippen molar-refractivity contribution in [3.63, 3.8) is 0 Å². The number of aromatic nitrogens is 8. The van der Waals surface area contributed by atoms with E-state index in [9.17, 15) is 27.6 Å². The Morgan fingerprint density at radius 3 is 2.57 bits per heavy atom. The van der Waals surface area contributed by atoms with E-state index in [1.165, 1.54) is 48.6 Å². The first kappa shape index (κ1) is 28.6. The molecule has 42 heavy (non-hydrogen) atoms. The molecule has 5 rings (SSSR count). The van der Waals surface area contributed by atoms with Gasteiger partial charge < -0.3 is 14.4 Å². The number of nitrogens with zero attached hydrogens (tertiary/aromatic N) is 9. The predicted molar refractivity (Wildman–Crippen MR) is 143 cm³/mol. The number of aryl methyl sites for hydroxylation is 2. The van der Waals surface area contributed by atoms with E-state index in [-0.39, 0.29) is 35.2 Å². The number of imidazole rings is 1. The summed E-state index contributed by atoms with van der Waals surface area (Å²) in [5.41, 5.74) is -1.81. The molecule has 1 aliphatic heterocycles. The Morgan fingerprint density at radius 1 is 1.17 bits per heavy atom. The lowest BCUT2D eigenvalue weighted by Gasteiger charge is -2.27. The topological polar surface area (TPSA) is 168 Å². The Balaban J connectivity index is 1.44. The van der Waals surface area contributed by atoms with Crippen molar-refractivity contribution >= 4 is 34.2 Å². The zero-order valence-corrected chi connectivity index (χ0v) is 23.0. The molecule has 0 saturated carbocycles. The van der Waals surface area contributed by atoms with Crippen LogP contribution < -0.4 is 16.6 Å². The van der Waals surface area contributed by atoms with E-state index in [1.54, 1.807) is 13.8 Å². The Labute approximate surface area is 234 Å². The number of rotatable bonds is 6. The zero-order chi connectivity index (χ0) is 30.5. The van der Waals surface area contributed by atoms with Gasteiger partial charge in [0.15, 0.2) is 22.8 Å². The number of anilines is 1. The summed E-state index contributed by atoms with van der Waals surface area (Å²) in [5.74, 6) is -1.50. The number of hydrogen-bond donors (Lipinski definition) is 1. The minimum absolute atomic E-state index is 0.00660. The highest BCUT2D eigenvalue weighted by Crippen LogP contribution is 2.36. The number of amides is 1. The van der Waals surface area contributed by atoms with Crippen molar-refractivity contribution in [1.82, 2.24) is 38.8 Å². The average molecular weight is 587 g/mol. The van der Waals surface area contributed by atoms with Crippen LogP contribution in [-0.4, -0.2) is 56.6 Å². The standard InChI is InChI=1S/C25H25F3N10O4/c1-11-12(2)19(25(26,27)28)30-8-15(11)20-29-7-6-16(33-20)34-22(39)13(3)38-10-31-21-18(38)23(40)37(24(41)36(21)5)9-17-32-14(4)35-42-17/h6-8,10-13H,9H2,1-5H3,(H,29,33,34,39)/t11?,12?,13-/m0/s1. The van der Waals surface area contributed by atoms with Crippen molar-refractivity contribution in [2.24, 2.45) is 23.9 Å². The molecule has 4 aromatic heterocycles. The Kier molecular flexibility index (Phi) is 7.11. The molecule has 5 heterocycles. The summed E-state index contributed by atoms with van der Waals surface area (Å²) >= 11 is 0. The van der Waals surface area contributed by atoms with Gasteiger partial charge in [-0.3, -0.25) is 19.1 Å². The van der Waals surface area contributed by atoms with E-state index in [0.717, 1.165) is 10.8 Å². The molecule has 17 heteroatoms. The summed E-state index contributed by atoms with van der Waals surface area (Å²) in [6.07, 6.45) is -0.820. The van der Waals surface area contributed by atoms with Gasteiger partial charge in [-0.15, -0.1) is 0 Å². The minimum atomic E-state index is -4.55. The number of aliphatic imine (C=N–C) groups is 1. The van der Waals surface area contributed by atoms with Crippen LogP contribution in [0.15, 0.2) is 43.9 Å². The van der Waals surface area contributed by atoms with Crippen molar-refractivity contribution in [1.29, 1.82) is 0 Å². The molecule has 0 aliphatic carbocycles. The summed E-state index contributed by atoms with van der Waals surface area (Å²) in [6.45, 7) is 5.89. The molecule has 0 radical (unpaired) electrons.